The maximum absolute atomic E-state index is 2.41. The molecule has 0 heterocycles. The van der Waals surface area contributed by atoms with E-state index < -0.39 is 0 Å². The zero-order valence-corrected chi connectivity index (χ0v) is 26.5. The Kier molecular flexibility index (Phi) is 7.96. The second-order valence-electron chi connectivity index (χ2n) is 11.8. The Bertz CT molecular complexity index is 2220. The second-order valence-corrected chi connectivity index (χ2v) is 11.8. The highest BCUT2D eigenvalue weighted by Crippen LogP contribution is 2.50. The second kappa shape index (κ2) is 13.2. The van der Waals surface area contributed by atoms with Crippen LogP contribution in [0, 0.1) is 0 Å². The Balaban J connectivity index is 1.37. The maximum atomic E-state index is 2.41. The lowest BCUT2D eigenvalue weighted by Gasteiger charge is -2.32. The Morgan fingerprint density at radius 3 is 0.875 bits per heavy atom. The summed E-state index contributed by atoms with van der Waals surface area (Å²) in [6, 6.07) is 69.0. The fourth-order valence-corrected chi connectivity index (χ4v) is 6.60. The van der Waals surface area contributed by atoms with Crippen molar-refractivity contribution in [1.82, 2.24) is 0 Å². The van der Waals surface area contributed by atoms with Crippen molar-refractivity contribution in [3.8, 4) is 0 Å². The molecule has 0 unspecified atom stereocenters. The summed E-state index contributed by atoms with van der Waals surface area (Å²) >= 11 is 0. The van der Waals surface area contributed by atoms with Crippen molar-refractivity contribution in [2.75, 3.05) is 9.80 Å². The van der Waals surface area contributed by atoms with E-state index in [1.54, 1.807) is 0 Å². The van der Waals surface area contributed by atoms with Gasteiger partial charge in [0.25, 0.3) is 0 Å². The van der Waals surface area contributed by atoms with Gasteiger partial charge in [-0.2, -0.15) is 0 Å². The monoisotopic (exact) mass is 614 g/mol. The Labute approximate surface area is 282 Å². The van der Waals surface area contributed by atoms with Crippen molar-refractivity contribution >= 4 is 67.8 Å². The molecule has 0 atom stereocenters. The summed E-state index contributed by atoms with van der Waals surface area (Å²) in [7, 11) is 0. The molecule has 0 saturated heterocycles. The molecule has 0 amide bonds. The Morgan fingerprint density at radius 2 is 0.521 bits per heavy atom. The van der Waals surface area contributed by atoms with Crippen LogP contribution in [0.3, 0.4) is 0 Å². The molecule has 0 aliphatic heterocycles. The minimum atomic E-state index is 1.10. The predicted octanol–water partition coefficient (Wildman–Crippen LogP) is 13.1. The molecule has 0 N–H and O–H groups in total. The molecule has 0 aromatic heterocycles. The standard InChI is InChI=1S/C46H34N2/c1-5-17-35(18-6-1)29-30-36-31-33-40(34-32-36)48(39-23-11-4-12-24-39)46-43-27-15-13-25-41(43)45(42-26-14-16-28-44(42)46)47(37-19-7-2-8-20-37)38-21-9-3-10-22-38/h1-34H. The normalized spacial score (nSPS) is 11.2. The minimum absolute atomic E-state index is 1.10. The quantitative estimate of drug-likeness (QED) is 0.0954. The first-order valence-corrected chi connectivity index (χ1v) is 16.4. The zero-order chi connectivity index (χ0) is 32.1. The van der Waals surface area contributed by atoms with Crippen LogP contribution in [0.5, 0.6) is 0 Å². The fourth-order valence-electron chi connectivity index (χ4n) is 6.60. The van der Waals surface area contributed by atoms with Crippen molar-refractivity contribution in [1.29, 1.82) is 0 Å². The molecule has 8 rings (SSSR count). The molecule has 8 aromatic rings. The summed E-state index contributed by atoms with van der Waals surface area (Å²) in [6.45, 7) is 0. The molecule has 0 aliphatic rings. The van der Waals surface area contributed by atoms with Gasteiger partial charge < -0.3 is 9.80 Å². The van der Waals surface area contributed by atoms with E-state index in [4.69, 9.17) is 0 Å². The van der Waals surface area contributed by atoms with E-state index in [9.17, 15) is 0 Å². The predicted molar refractivity (Wildman–Crippen MR) is 206 cm³/mol. The van der Waals surface area contributed by atoms with Crippen LogP contribution in [0.25, 0.3) is 33.7 Å². The van der Waals surface area contributed by atoms with Gasteiger partial charge in [0, 0.05) is 44.3 Å². The molecule has 0 radical (unpaired) electrons. The Hall–Kier alpha value is -6.38. The molecule has 48 heavy (non-hydrogen) atoms. The van der Waals surface area contributed by atoms with Crippen molar-refractivity contribution < 1.29 is 0 Å². The molecular formula is C46H34N2. The summed E-state index contributed by atoms with van der Waals surface area (Å²) < 4.78 is 0. The maximum Gasteiger partial charge on any atom is 0.0619 e. The van der Waals surface area contributed by atoms with Crippen LogP contribution >= 0.6 is 0 Å². The number of nitrogens with zero attached hydrogens (tertiary/aromatic N) is 2. The molecule has 0 saturated carbocycles. The van der Waals surface area contributed by atoms with E-state index in [0.29, 0.717) is 0 Å². The van der Waals surface area contributed by atoms with Gasteiger partial charge in [-0.15, -0.1) is 0 Å². The number of hydrogen-bond donors (Lipinski definition) is 0. The average molecular weight is 615 g/mol. The highest BCUT2D eigenvalue weighted by molar-refractivity contribution is 6.23. The molecule has 228 valence electrons. The van der Waals surface area contributed by atoms with Crippen molar-refractivity contribution in [3.05, 3.63) is 205 Å². The minimum Gasteiger partial charge on any atom is -0.309 e. The van der Waals surface area contributed by atoms with Crippen LogP contribution in [0.15, 0.2) is 194 Å². The van der Waals surface area contributed by atoms with Gasteiger partial charge in [0.2, 0.25) is 0 Å². The van der Waals surface area contributed by atoms with Crippen LogP contribution in [-0.4, -0.2) is 0 Å². The van der Waals surface area contributed by atoms with Gasteiger partial charge >= 0.3 is 0 Å². The molecule has 0 fully saturated rings. The van der Waals surface area contributed by atoms with Crippen LogP contribution < -0.4 is 9.80 Å². The lowest BCUT2D eigenvalue weighted by atomic mass is 9.95. The number of anilines is 6. The van der Waals surface area contributed by atoms with E-state index in [2.05, 4.69) is 210 Å². The van der Waals surface area contributed by atoms with Gasteiger partial charge in [-0.3, -0.25) is 0 Å². The number of fused-ring (bicyclic) bond motifs is 2. The number of rotatable bonds is 8. The molecule has 0 bridgehead atoms. The molecule has 2 heteroatoms. The third-order valence-electron chi connectivity index (χ3n) is 8.78. The van der Waals surface area contributed by atoms with E-state index in [0.717, 1.165) is 39.7 Å². The highest BCUT2D eigenvalue weighted by Gasteiger charge is 2.24. The van der Waals surface area contributed by atoms with Crippen molar-refractivity contribution in [3.63, 3.8) is 0 Å². The first-order valence-electron chi connectivity index (χ1n) is 16.4. The first kappa shape index (κ1) is 29.1. The van der Waals surface area contributed by atoms with Crippen LogP contribution in [0.4, 0.5) is 34.1 Å². The van der Waals surface area contributed by atoms with Crippen molar-refractivity contribution in [2.45, 2.75) is 0 Å². The molecule has 0 aliphatic carbocycles. The third-order valence-corrected chi connectivity index (χ3v) is 8.78. The first-order chi connectivity index (χ1) is 23.8. The largest absolute Gasteiger partial charge is 0.309 e. The number of benzene rings is 8. The molecular weight excluding hydrogens is 581 g/mol. The SMILES string of the molecule is C(=Cc1ccc(N(c2ccccc2)c2c3ccccc3c(N(c3ccccc3)c3ccccc3)c3ccccc23)cc1)c1ccccc1. The van der Waals surface area contributed by atoms with Gasteiger partial charge in [0.15, 0.2) is 0 Å². The highest BCUT2D eigenvalue weighted by atomic mass is 15.2. The molecule has 0 spiro atoms. The summed E-state index contributed by atoms with van der Waals surface area (Å²) in [5, 5.41) is 4.73. The lowest BCUT2D eigenvalue weighted by Crippen LogP contribution is -2.14. The summed E-state index contributed by atoms with van der Waals surface area (Å²) in [6.07, 6.45) is 4.34. The van der Waals surface area contributed by atoms with Gasteiger partial charge in [0.1, 0.15) is 0 Å². The van der Waals surface area contributed by atoms with E-state index >= 15 is 0 Å². The van der Waals surface area contributed by atoms with Crippen molar-refractivity contribution in [2.24, 2.45) is 0 Å². The molecule has 2 nitrogen and oxygen atoms in total. The Morgan fingerprint density at radius 1 is 0.250 bits per heavy atom. The van der Waals surface area contributed by atoms with Crippen LogP contribution in [0.2, 0.25) is 0 Å². The van der Waals surface area contributed by atoms with E-state index in [1.807, 2.05) is 6.07 Å². The topological polar surface area (TPSA) is 6.48 Å². The summed E-state index contributed by atoms with van der Waals surface area (Å²) in [5.41, 5.74) is 9.10. The van der Waals surface area contributed by atoms with E-state index in [-0.39, 0.29) is 0 Å². The van der Waals surface area contributed by atoms with Gasteiger partial charge in [0.05, 0.1) is 11.4 Å². The van der Waals surface area contributed by atoms with E-state index in [1.165, 1.54) is 27.1 Å². The fraction of sp³-hybridized carbons (Fsp3) is 0. The summed E-state index contributed by atoms with van der Waals surface area (Å²) in [4.78, 5) is 4.81. The smallest absolute Gasteiger partial charge is 0.0619 e. The van der Waals surface area contributed by atoms with Gasteiger partial charge in [-0.05, 0) is 59.7 Å². The number of para-hydroxylation sites is 3. The number of hydrogen-bond acceptors (Lipinski definition) is 2. The van der Waals surface area contributed by atoms with Crippen LogP contribution in [0.1, 0.15) is 11.1 Å². The van der Waals surface area contributed by atoms with Crippen LogP contribution in [-0.2, 0) is 0 Å². The van der Waals surface area contributed by atoms with Gasteiger partial charge in [-0.1, -0.05) is 158 Å². The average Bonchev–Trinajstić information content (AvgIpc) is 3.17. The van der Waals surface area contributed by atoms with Gasteiger partial charge in [-0.25, -0.2) is 0 Å². The zero-order valence-electron chi connectivity index (χ0n) is 26.5. The summed E-state index contributed by atoms with van der Waals surface area (Å²) in [5.74, 6) is 0. The molecule has 8 aromatic carbocycles. The lowest BCUT2D eigenvalue weighted by molar-refractivity contribution is 1.29. The third kappa shape index (κ3) is 5.61.